The number of rotatable bonds is 6. The van der Waals surface area contributed by atoms with Gasteiger partial charge in [-0.05, 0) is 25.1 Å². The van der Waals surface area contributed by atoms with E-state index in [9.17, 15) is 4.79 Å². The number of carbonyl (C=O) groups is 1. The lowest BCUT2D eigenvalue weighted by molar-refractivity contribution is 0.0955. The molecule has 0 atom stereocenters. The van der Waals surface area contributed by atoms with E-state index in [0.717, 1.165) is 17.0 Å². The van der Waals surface area contributed by atoms with Crippen molar-refractivity contribution in [3.05, 3.63) is 47.9 Å². The first-order valence-electron chi connectivity index (χ1n) is 8.29. The van der Waals surface area contributed by atoms with Gasteiger partial charge in [0.15, 0.2) is 0 Å². The van der Waals surface area contributed by atoms with E-state index in [-0.39, 0.29) is 5.91 Å². The maximum atomic E-state index is 12.3. The van der Waals surface area contributed by atoms with Crippen LogP contribution >= 0.6 is 0 Å². The number of aromatic nitrogens is 4. The summed E-state index contributed by atoms with van der Waals surface area (Å²) in [4.78, 5) is 31.4. The molecule has 0 spiro atoms. The van der Waals surface area contributed by atoms with Gasteiger partial charge in [-0.15, -0.1) is 0 Å². The van der Waals surface area contributed by atoms with Crippen molar-refractivity contribution in [1.82, 2.24) is 25.3 Å². The lowest BCUT2D eigenvalue weighted by atomic mass is 10.2. The highest BCUT2D eigenvalue weighted by molar-refractivity contribution is 5.97. The molecule has 1 amide bonds. The minimum atomic E-state index is -0.154. The fourth-order valence-electron chi connectivity index (χ4n) is 2.42. The van der Waals surface area contributed by atoms with Crippen molar-refractivity contribution in [2.45, 2.75) is 6.92 Å². The number of nitrogens with zero attached hydrogens (tertiary/aromatic N) is 5. The molecule has 0 saturated heterocycles. The third-order valence-corrected chi connectivity index (χ3v) is 3.72. The molecule has 8 heteroatoms. The topological polar surface area (TPSA) is 95.9 Å². The van der Waals surface area contributed by atoms with E-state index in [1.54, 1.807) is 30.6 Å². The van der Waals surface area contributed by atoms with Gasteiger partial charge in [0.2, 0.25) is 5.95 Å². The Balaban J connectivity index is 1.55. The molecule has 0 aliphatic rings. The molecule has 0 unspecified atom stereocenters. The van der Waals surface area contributed by atoms with Gasteiger partial charge in [-0.2, -0.15) is 4.98 Å². The van der Waals surface area contributed by atoms with E-state index in [1.807, 2.05) is 32.0 Å². The van der Waals surface area contributed by atoms with Crippen LogP contribution in [-0.2, 0) is 0 Å². The van der Waals surface area contributed by atoms with Crippen LogP contribution in [-0.4, -0.2) is 53.0 Å². The first kappa shape index (κ1) is 17.5. The number of fused-ring (bicyclic) bond motifs is 1. The van der Waals surface area contributed by atoms with Crippen LogP contribution in [0.15, 0.2) is 36.7 Å². The molecule has 134 valence electrons. The molecular formula is C18H21N7O. The van der Waals surface area contributed by atoms with Crippen LogP contribution in [0.25, 0.3) is 11.0 Å². The second-order valence-electron chi connectivity index (χ2n) is 6.03. The number of aryl methyl sites for hydroxylation is 1. The summed E-state index contributed by atoms with van der Waals surface area (Å²) in [7, 11) is 3.86. The minimum absolute atomic E-state index is 0.154. The Hall–Kier alpha value is -3.29. The zero-order valence-corrected chi connectivity index (χ0v) is 15.0. The molecule has 3 rings (SSSR count). The Kier molecular flexibility index (Phi) is 5.21. The van der Waals surface area contributed by atoms with Crippen LogP contribution in [0.4, 0.5) is 11.8 Å². The Morgan fingerprint density at radius 2 is 1.81 bits per heavy atom. The summed E-state index contributed by atoms with van der Waals surface area (Å²) < 4.78 is 0. The molecule has 1 aromatic carbocycles. The minimum Gasteiger partial charge on any atom is -0.363 e. The molecule has 8 nitrogen and oxygen atoms in total. The van der Waals surface area contributed by atoms with Crippen LogP contribution in [0, 0.1) is 6.92 Å². The maximum absolute atomic E-state index is 12.3. The number of benzene rings is 1. The van der Waals surface area contributed by atoms with Gasteiger partial charge in [0.1, 0.15) is 5.82 Å². The van der Waals surface area contributed by atoms with Crippen LogP contribution in [0.2, 0.25) is 0 Å². The lowest BCUT2D eigenvalue weighted by Gasteiger charge is -2.14. The number of nitrogens with one attached hydrogen (secondary N) is 2. The number of anilines is 2. The quantitative estimate of drug-likeness (QED) is 0.652. The zero-order valence-electron chi connectivity index (χ0n) is 15.0. The van der Waals surface area contributed by atoms with Gasteiger partial charge in [-0.1, -0.05) is 0 Å². The van der Waals surface area contributed by atoms with Gasteiger partial charge in [0, 0.05) is 56.9 Å². The van der Waals surface area contributed by atoms with Crippen molar-refractivity contribution in [3.63, 3.8) is 0 Å². The lowest BCUT2D eigenvalue weighted by Crippen LogP contribution is -2.29. The van der Waals surface area contributed by atoms with E-state index >= 15 is 0 Å². The molecule has 2 heterocycles. The van der Waals surface area contributed by atoms with Gasteiger partial charge in [0.25, 0.3) is 5.91 Å². The first-order chi connectivity index (χ1) is 12.5. The Labute approximate surface area is 151 Å². The molecular weight excluding hydrogens is 330 g/mol. The number of hydrogen-bond donors (Lipinski definition) is 2. The fourth-order valence-corrected chi connectivity index (χ4v) is 2.42. The summed E-state index contributed by atoms with van der Waals surface area (Å²) >= 11 is 0. The molecule has 0 aliphatic carbocycles. The average Bonchev–Trinajstić information content (AvgIpc) is 2.64. The molecule has 2 aromatic heterocycles. The summed E-state index contributed by atoms with van der Waals surface area (Å²) in [5.41, 5.74) is 2.90. The Bertz CT molecular complexity index is 926. The van der Waals surface area contributed by atoms with Crippen molar-refractivity contribution in [2.75, 3.05) is 37.4 Å². The van der Waals surface area contributed by atoms with Crippen molar-refractivity contribution < 1.29 is 4.79 Å². The SMILES string of the molecule is Cc1cc(N(C)C)nc(NCCNC(=O)c2ccc3nccnc3c2)n1. The van der Waals surface area contributed by atoms with Gasteiger partial charge in [0.05, 0.1) is 11.0 Å². The van der Waals surface area contributed by atoms with Crippen LogP contribution in [0.3, 0.4) is 0 Å². The van der Waals surface area contributed by atoms with E-state index in [4.69, 9.17) is 0 Å². The highest BCUT2D eigenvalue weighted by Crippen LogP contribution is 2.12. The summed E-state index contributed by atoms with van der Waals surface area (Å²) in [5, 5.41) is 6.00. The second kappa shape index (κ2) is 7.73. The van der Waals surface area contributed by atoms with Crippen molar-refractivity contribution in [2.24, 2.45) is 0 Å². The zero-order chi connectivity index (χ0) is 18.5. The van der Waals surface area contributed by atoms with E-state index in [0.29, 0.717) is 30.1 Å². The fraction of sp³-hybridized carbons (Fsp3) is 0.278. The van der Waals surface area contributed by atoms with Crippen LogP contribution in [0.1, 0.15) is 16.1 Å². The van der Waals surface area contributed by atoms with Crippen molar-refractivity contribution >= 4 is 28.7 Å². The molecule has 3 aromatic rings. The van der Waals surface area contributed by atoms with Crippen LogP contribution < -0.4 is 15.5 Å². The largest absolute Gasteiger partial charge is 0.363 e. The molecule has 2 N–H and O–H groups in total. The van der Waals surface area contributed by atoms with E-state index in [1.165, 1.54) is 0 Å². The third-order valence-electron chi connectivity index (χ3n) is 3.72. The number of carbonyl (C=O) groups excluding carboxylic acids is 1. The summed E-state index contributed by atoms with van der Waals surface area (Å²) in [5.74, 6) is 1.23. The smallest absolute Gasteiger partial charge is 0.251 e. The van der Waals surface area contributed by atoms with Crippen molar-refractivity contribution in [3.8, 4) is 0 Å². The average molecular weight is 351 g/mol. The monoisotopic (exact) mass is 351 g/mol. The van der Waals surface area contributed by atoms with Gasteiger partial charge >= 0.3 is 0 Å². The van der Waals surface area contributed by atoms with E-state index in [2.05, 4.69) is 30.6 Å². The Morgan fingerprint density at radius 3 is 2.58 bits per heavy atom. The molecule has 0 aliphatic heterocycles. The number of hydrogen-bond acceptors (Lipinski definition) is 7. The summed E-state index contributed by atoms with van der Waals surface area (Å²) in [6, 6.07) is 7.18. The van der Waals surface area contributed by atoms with Crippen molar-refractivity contribution in [1.29, 1.82) is 0 Å². The summed E-state index contributed by atoms with van der Waals surface area (Å²) in [6.07, 6.45) is 3.24. The molecule has 0 radical (unpaired) electrons. The number of amides is 1. The molecule has 0 bridgehead atoms. The highest BCUT2D eigenvalue weighted by atomic mass is 16.1. The van der Waals surface area contributed by atoms with Gasteiger partial charge < -0.3 is 15.5 Å². The Morgan fingerprint density at radius 1 is 1.04 bits per heavy atom. The normalized spacial score (nSPS) is 10.6. The maximum Gasteiger partial charge on any atom is 0.251 e. The summed E-state index contributed by atoms with van der Waals surface area (Å²) in [6.45, 7) is 2.89. The predicted molar refractivity (Wildman–Crippen MR) is 101 cm³/mol. The van der Waals surface area contributed by atoms with Gasteiger partial charge in [-0.3, -0.25) is 14.8 Å². The molecule has 26 heavy (non-hydrogen) atoms. The third kappa shape index (κ3) is 4.21. The molecule has 0 saturated carbocycles. The second-order valence-corrected chi connectivity index (χ2v) is 6.03. The highest BCUT2D eigenvalue weighted by Gasteiger charge is 2.07. The van der Waals surface area contributed by atoms with Gasteiger partial charge in [-0.25, -0.2) is 4.98 Å². The van der Waals surface area contributed by atoms with E-state index < -0.39 is 0 Å². The first-order valence-corrected chi connectivity index (χ1v) is 8.29. The standard InChI is InChI=1S/C18H21N7O/c1-12-10-16(25(2)3)24-18(23-12)22-9-8-21-17(26)13-4-5-14-15(11-13)20-7-6-19-14/h4-7,10-11H,8-9H2,1-3H3,(H,21,26)(H,22,23,24). The van der Waals surface area contributed by atoms with Crippen LogP contribution in [0.5, 0.6) is 0 Å². The predicted octanol–water partition coefficient (Wildman–Crippen LogP) is 1.64. The molecule has 0 fully saturated rings.